The number of hydrogen-bond acceptors (Lipinski definition) is 7. The van der Waals surface area contributed by atoms with E-state index < -0.39 is 10.1 Å². The van der Waals surface area contributed by atoms with Crippen molar-refractivity contribution in [2.45, 2.75) is 133 Å². The molecule has 52 heavy (non-hydrogen) atoms. The average Bonchev–Trinajstić information content (AvgIpc) is 2.98. The largest absolute Gasteiger partial charge is 0.744 e. The van der Waals surface area contributed by atoms with Gasteiger partial charge in [-0.2, -0.15) is 0 Å². The molecule has 1 radical (unpaired) electrons. The van der Waals surface area contributed by atoms with Gasteiger partial charge < -0.3 is 15.2 Å². The molecule has 0 bridgehead atoms. The van der Waals surface area contributed by atoms with Crippen LogP contribution in [-0.4, -0.2) is 36.6 Å². The van der Waals surface area contributed by atoms with Gasteiger partial charge in [0.1, 0.15) is 10.1 Å². The average molecular weight is 777 g/mol. The van der Waals surface area contributed by atoms with Gasteiger partial charge in [0.2, 0.25) is 0 Å². The van der Waals surface area contributed by atoms with Crippen molar-refractivity contribution >= 4 is 21.7 Å². The maximum Gasteiger partial charge on any atom is 0.191 e. The van der Waals surface area contributed by atoms with Crippen LogP contribution in [-0.2, 0) is 36.5 Å². The molecule has 289 valence electrons. The van der Waals surface area contributed by atoms with E-state index in [0.29, 0.717) is 0 Å². The molecule has 0 aliphatic heterocycles. The molecule has 3 aliphatic carbocycles. The summed E-state index contributed by atoms with van der Waals surface area (Å²) in [6, 6.07) is 6.12. The third-order valence-corrected chi connectivity index (χ3v) is 10.4. The Kier molecular flexibility index (Phi) is 14.8. The minimum absolute atomic E-state index is 0. The Bertz CT molecular complexity index is 1680. The van der Waals surface area contributed by atoms with E-state index in [1.54, 1.807) is 12.1 Å². The fourth-order valence-electron chi connectivity index (χ4n) is 6.13. The fourth-order valence-corrected chi connectivity index (χ4v) is 6.60. The summed E-state index contributed by atoms with van der Waals surface area (Å²) in [6.45, 7) is 27.6. The first-order chi connectivity index (χ1) is 23.2. The molecule has 1 saturated carbocycles. The number of benzene rings is 1. The van der Waals surface area contributed by atoms with Crippen LogP contribution in [0.3, 0.4) is 0 Å². The third-order valence-electron chi connectivity index (χ3n) is 9.56. The van der Waals surface area contributed by atoms with E-state index in [0.717, 1.165) is 53.5 Å². The SMILES string of the molecule is CC(C)(C)C1=C/C(=C/N[C@@H]2CCCC[C@H]2N/C=C2/C=C(C(C)(C)C)C=C(C(C)(C)C)C2=O)C(=O)C(C(C)(C)C)=C1.Cc1ccc(S(=O)(=O)[O-])cc1.[Co]. The fraction of sp³-hybridized carbons (Fsp3) is 0.535. The molecule has 1 aromatic carbocycles. The Hall–Kier alpha value is -2.98. The predicted molar refractivity (Wildman–Crippen MR) is 208 cm³/mol. The van der Waals surface area contributed by atoms with Crippen LogP contribution in [0.15, 0.2) is 99.3 Å². The summed E-state index contributed by atoms with van der Waals surface area (Å²) in [4.78, 5) is 26.8. The van der Waals surface area contributed by atoms with Crippen LogP contribution in [0.1, 0.15) is 114 Å². The van der Waals surface area contributed by atoms with E-state index in [4.69, 9.17) is 0 Å². The maximum atomic E-state index is 13.5. The molecule has 0 amide bonds. The Balaban J connectivity index is 0.000000666. The van der Waals surface area contributed by atoms with Gasteiger partial charge in [-0.3, -0.25) is 9.59 Å². The van der Waals surface area contributed by atoms with Crippen molar-refractivity contribution in [1.82, 2.24) is 10.6 Å². The molecule has 7 nitrogen and oxygen atoms in total. The molecule has 2 atom stereocenters. The van der Waals surface area contributed by atoms with Crippen LogP contribution in [0, 0.1) is 28.6 Å². The molecule has 0 unspecified atom stereocenters. The number of hydrogen-bond donors (Lipinski definition) is 2. The molecule has 1 aromatic rings. The molecular formula is C43H61CoN2O5S-. The summed E-state index contributed by atoms with van der Waals surface area (Å²) in [5.74, 6) is 0.203. The smallest absolute Gasteiger partial charge is 0.191 e. The quantitative estimate of drug-likeness (QED) is 0.226. The second-order valence-corrected chi connectivity index (χ2v) is 19.7. The molecule has 0 saturated heterocycles. The molecular weight excluding hydrogens is 715 g/mol. The van der Waals surface area contributed by atoms with Crippen LogP contribution in [0.5, 0.6) is 0 Å². The van der Waals surface area contributed by atoms with E-state index >= 15 is 0 Å². The summed E-state index contributed by atoms with van der Waals surface area (Å²) in [5.41, 5.74) is 5.88. The van der Waals surface area contributed by atoms with Gasteiger partial charge in [-0.1, -0.05) is 126 Å². The molecule has 0 aromatic heterocycles. The minimum Gasteiger partial charge on any atom is -0.744 e. The summed E-state index contributed by atoms with van der Waals surface area (Å²) in [6.07, 6.45) is 16.5. The summed E-state index contributed by atoms with van der Waals surface area (Å²) >= 11 is 0. The van der Waals surface area contributed by atoms with Gasteiger partial charge in [0.25, 0.3) is 0 Å². The first kappa shape index (κ1) is 45.2. The topological polar surface area (TPSA) is 115 Å². The number of carbonyl (C=O) groups is 2. The first-order valence-corrected chi connectivity index (χ1v) is 19.5. The third kappa shape index (κ3) is 12.3. The normalized spacial score (nSPS) is 22.0. The van der Waals surface area contributed by atoms with Crippen molar-refractivity contribution in [1.29, 1.82) is 0 Å². The van der Waals surface area contributed by atoms with Crippen LogP contribution in [0.25, 0.3) is 0 Å². The monoisotopic (exact) mass is 776 g/mol. The number of nitrogens with one attached hydrogen (secondary N) is 2. The van der Waals surface area contributed by atoms with E-state index in [2.05, 4.69) is 118 Å². The predicted octanol–water partition coefficient (Wildman–Crippen LogP) is 9.20. The van der Waals surface area contributed by atoms with Crippen LogP contribution >= 0.6 is 0 Å². The number of carbonyl (C=O) groups excluding carboxylic acids is 2. The Morgan fingerprint density at radius 3 is 1.25 bits per heavy atom. The summed E-state index contributed by atoms with van der Waals surface area (Å²) in [7, 11) is -4.27. The second-order valence-electron chi connectivity index (χ2n) is 18.3. The van der Waals surface area contributed by atoms with E-state index in [1.165, 1.54) is 23.3 Å². The Morgan fingerprint density at radius 1 is 0.615 bits per heavy atom. The van der Waals surface area contributed by atoms with Gasteiger partial charge in [0.15, 0.2) is 11.6 Å². The van der Waals surface area contributed by atoms with Crippen molar-refractivity contribution < 1.29 is 39.3 Å². The zero-order valence-corrected chi connectivity index (χ0v) is 35.4. The van der Waals surface area contributed by atoms with Gasteiger partial charge in [-0.25, -0.2) is 8.42 Å². The van der Waals surface area contributed by atoms with E-state index in [1.807, 2.05) is 19.3 Å². The molecule has 0 spiro atoms. The number of ketones is 2. The van der Waals surface area contributed by atoms with Gasteiger partial charge in [0, 0.05) is 63.6 Å². The molecule has 4 rings (SSSR count). The first-order valence-electron chi connectivity index (χ1n) is 18.1. The van der Waals surface area contributed by atoms with Crippen molar-refractivity contribution in [3.05, 3.63) is 100.0 Å². The number of rotatable bonds is 5. The van der Waals surface area contributed by atoms with Gasteiger partial charge in [-0.15, -0.1) is 0 Å². The zero-order valence-electron chi connectivity index (χ0n) is 33.5. The number of allylic oxidation sites excluding steroid dienone is 10. The number of Topliss-reactive ketones (excluding diaryl/α,β-unsaturated/α-hetero) is 2. The maximum absolute atomic E-state index is 13.5. The van der Waals surface area contributed by atoms with Crippen molar-refractivity contribution in [3.8, 4) is 0 Å². The van der Waals surface area contributed by atoms with Crippen LogP contribution < -0.4 is 10.6 Å². The summed E-state index contributed by atoms with van der Waals surface area (Å²) in [5, 5.41) is 7.25. The molecule has 0 heterocycles. The van der Waals surface area contributed by atoms with E-state index in [9.17, 15) is 22.6 Å². The van der Waals surface area contributed by atoms with Crippen molar-refractivity contribution in [3.63, 3.8) is 0 Å². The molecule has 2 N–H and O–H groups in total. The standard InChI is InChI=1S/C36H54N2O2.C7H8O3S.Co/c1-33(2,3)25-17-23(31(39)27(19-25)35(7,8)9)21-37-29-15-13-14-16-30(29)38-22-24-18-26(34(4,5)6)20-28(32(24)40)36(10,11)12;1-6-2-4-7(5-3-6)11(8,9)10;/h17-22,29-30,37-38H,13-16H2,1-12H3;2-5H,1H3,(H,8,9,10);/p-1/b23-21-,24-22-;;/t29-,30-;;/m1../s1. The van der Waals surface area contributed by atoms with Gasteiger partial charge in [0.05, 0.1) is 4.90 Å². The number of aryl methyl sites for hydroxylation is 1. The molecule has 1 fully saturated rings. The van der Waals surface area contributed by atoms with Gasteiger partial charge >= 0.3 is 0 Å². The zero-order chi connectivity index (χ0) is 38.7. The second kappa shape index (κ2) is 17.0. The van der Waals surface area contributed by atoms with Crippen LogP contribution in [0.2, 0.25) is 0 Å². The molecule has 3 aliphatic rings. The van der Waals surface area contributed by atoms with Crippen LogP contribution in [0.4, 0.5) is 0 Å². The Morgan fingerprint density at radius 2 is 0.962 bits per heavy atom. The minimum atomic E-state index is -4.27. The van der Waals surface area contributed by atoms with Crippen molar-refractivity contribution in [2.75, 3.05) is 0 Å². The molecule has 9 heteroatoms. The van der Waals surface area contributed by atoms with Crippen molar-refractivity contribution in [2.24, 2.45) is 21.7 Å². The van der Waals surface area contributed by atoms with Gasteiger partial charge in [-0.05, 0) is 76.9 Å². The van der Waals surface area contributed by atoms with E-state index in [-0.39, 0.29) is 67.0 Å². The Labute approximate surface area is 324 Å². The summed E-state index contributed by atoms with van der Waals surface area (Å²) < 4.78 is 31.2.